The van der Waals surface area contributed by atoms with Gasteiger partial charge < -0.3 is 9.64 Å². The normalized spacial score (nSPS) is 19.0. The maximum Gasteiger partial charge on any atom is 0.339 e. The zero-order valence-corrected chi connectivity index (χ0v) is 18.0. The quantitative estimate of drug-likeness (QED) is 0.581. The number of rotatable bonds is 4. The SMILES string of the molecule is O=C1O[C@H](c2ccccc2)Cc2cc(C(=O)N3CCN(Cc4cccs4)CC3)ccc21. The van der Waals surface area contributed by atoms with Gasteiger partial charge in [-0.05, 0) is 40.8 Å². The summed E-state index contributed by atoms with van der Waals surface area (Å²) in [5.41, 5.74) is 3.06. The number of esters is 1. The predicted molar refractivity (Wildman–Crippen MR) is 120 cm³/mol. The Morgan fingerprint density at radius 2 is 1.81 bits per heavy atom. The van der Waals surface area contributed by atoms with E-state index in [9.17, 15) is 9.59 Å². The lowest BCUT2D eigenvalue weighted by Gasteiger charge is -2.34. The molecule has 0 N–H and O–H groups in total. The third kappa shape index (κ3) is 4.27. The number of hydrogen-bond acceptors (Lipinski definition) is 5. The number of carbonyl (C=O) groups is 2. The molecule has 2 aliphatic rings. The number of amides is 1. The number of benzene rings is 2. The van der Waals surface area contributed by atoms with Crippen molar-refractivity contribution in [3.05, 3.63) is 93.2 Å². The van der Waals surface area contributed by atoms with E-state index in [1.807, 2.05) is 41.3 Å². The van der Waals surface area contributed by atoms with Crippen LogP contribution in [-0.4, -0.2) is 47.9 Å². The van der Waals surface area contributed by atoms with Crippen molar-refractivity contribution in [3.63, 3.8) is 0 Å². The number of ether oxygens (including phenoxy) is 1. The molecule has 1 atom stereocenters. The van der Waals surface area contributed by atoms with Gasteiger partial charge in [-0.25, -0.2) is 4.79 Å². The molecule has 1 fully saturated rings. The lowest BCUT2D eigenvalue weighted by molar-refractivity contribution is 0.0252. The van der Waals surface area contributed by atoms with Gasteiger partial charge in [0.05, 0.1) is 5.56 Å². The van der Waals surface area contributed by atoms with Crippen molar-refractivity contribution in [1.29, 1.82) is 0 Å². The summed E-state index contributed by atoms with van der Waals surface area (Å²) in [5.74, 6) is -0.287. The minimum Gasteiger partial charge on any atom is -0.454 e. The van der Waals surface area contributed by atoms with Crippen LogP contribution < -0.4 is 0 Å². The van der Waals surface area contributed by atoms with Crippen LogP contribution >= 0.6 is 11.3 Å². The molecule has 1 saturated heterocycles. The van der Waals surface area contributed by atoms with Crippen LogP contribution in [0.3, 0.4) is 0 Å². The fourth-order valence-electron chi connectivity index (χ4n) is 4.30. The molecule has 1 aromatic heterocycles. The van der Waals surface area contributed by atoms with Gasteiger partial charge in [-0.15, -0.1) is 11.3 Å². The van der Waals surface area contributed by atoms with E-state index in [0.29, 0.717) is 17.5 Å². The topological polar surface area (TPSA) is 49.9 Å². The third-order valence-electron chi connectivity index (χ3n) is 6.02. The molecule has 1 amide bonds. The summed E-state index contributed by atoms with van der Waals surface area (Å²) in [6, 6.07) is 19.4. The molecule has 158 valence electrons. The highest BCUT2D eigenvalue weighted by atomic mass is 32.1. The van der Waals surface area contributed by atoms with Gasteiger partial charge >= 0.3 is 5.97 Å². The standard InChI is InChI=1S/C25H24N2O3S/c28-24(27-12-10-26(11-13-27)17-21-7-4-14-31-21)19-8-9-22-20(15-19)16-23(30-25(22)29)18-5-2-1-3-6-18/h1-9,14-15,23H,10-13,16-17H2/t23-/m0/s1. The van der Waals surface area contributed by atoms with Crippen LogP contribution in [0.4, 0.5) is 0 Å². The number of piperazine rings is 1. The largest absolute Gasteiger partial charge is 0.454 e. The Labute approximate surface area is 185 Å². The highest BCUT2D eigenvalue weighted by Gasteiger charge is 2.29. The molecule has 0 spiro atoms. The molecule has 0 bridgehead atoms. The zero-order valence-electron chi connectivity index (χ0n) is 17.2. The number of hydrogen-bond donors (Lipinski definition) is 0. The minimum atomic E-state index is -0.323. The van der Waals surface area contributed by atoms with Crippen molar-refractivity contribution < 1.29 is 14.3 Å². The molecule has 2 aliphatic heterocycles. The molecule has 0 aliphatic carbocycles. The van der Waals surface area contributed by atoms with Gasteiger partial charge in [0.15, 0.2) is 0 Å². The number of cyclic esters (lactones) is 1. The molecule has 0 unspecified atom stereocenters. The molecule has 6 heteroatoms. The maximum atomic E-state index is 13.1. The molecule has 3 heterocycles. The van der Waals surface area contributed by atoms with Crippen molar-refractivity contribution in [2.75, 3.05) is 26.2 Å². The monoisotopic (exact) mass is 432 g/mol. The second-order valence-electron chi connectivity index (χ2n) is 8.03. The number of thiophene rings is 1. The van der Waals surface area contributed by atoms with Gasteiger partial charge in [0.1, 0.15) is 6.10 Å². The Hall–Kier alpha value is -2.96. The second kappa shape index (κ2) is 8.65. The summed E-state index contributed by atoms with van der Waals surface area (Å²) < 4.78 is 5.63. The smallest absolute Gasteiger partial charge is 0.339 e. The molecule has 5 nitrogen and oxygen atoms in total. The first-order chi connectivity index (χ1) is 15.2. The first-order valence-corrected chi connectivity index (χ1v) is 11.5. The highest BCUT2D eigenvalue weighted by molar-refractivity contribution is 7.09. The van der Waals surface area contributed by atoms with Crippen molar-refractivity contribution in [1.82, 2.24) is 9.80 Å². The van der Waals surface area contributed by atoms with Crippen molar-refractivity contribution in [3.8, 4) is 0 Å². The fourth-order valence-corrected chi connectivity index (χ4v) is 5.04. The molecule has 0 radical (unpaired) electrons. The van der Waals surface area contributed by atoms with Gasteiger partial charge in [0.25, 0.3) is 5.91 Å². The summed E-state index contributed by atoms with van der Waals surface area (Å²) in [5, 5.41) is 2.10. The molecule has 5 rings (SSSR count). The Kier molecular flexibility index (Phi) is 5.57. The minimum absolute atomic E-state index is 0.0359. The number of carbonyl (C=O) groups excluding carboxylic acids is 2. The highest BCUT2D eigenvalue weighted by Crippen LogP contribution is 2.31. The summed E-state index contributed by atoms with van der Waals surface area (Å²) in [6.07, 6.45) is 0.271. The first-order valence-electron chi connectivity index (χ1n) is 10.6. The molecule has 2 aromatic carbocycles. The van der Waals surface area contributed by atoms with E-state index in [4.69, 9.17) is 4.74 Å². The van der Waals surface area contributed by atoms with Crippen LogP contribution in [0.25, 0.3) is 0 Å². The summed E-state index contributed by atoms with van der Waals surface area (Å²) >= 11 is 1.77. The fraction of sp³-hybridized carbons (Fsp3) is 0.280. The third-order valence-corrected chi connectivity index (χ3v) is 6.88. The zero-order chi connectivity index (χ0) is 21.2. The van der Waals surface area contributed by atoms with E-state index in [2.05, 4.69) is 22.4 Å². The van der Waals surface area contributed by atoms with Gasteiger partial charge in [0.2, 0.25) is 0 Å². The Bertz CT molecular complexity index is 1070. The van der Waals surface area contributed by atoms with Crippen LogP contribution in [0.1, 0.15) is 42.8 Å². The summed E-state index contributed by atoms with van der Waals surface area (Å²) in [4.78, 5) is 31.3. The first kappa shape index (κ1) is 20.0. The Balaban J connectivity index is 1.27. The molecule has 0 saturated carbocycles. The van der Waals surface area contributed by atoms with Crippen LogP contribution in [0, 0.1) is 0 Å². The van der Waals surface area contributed by atoms with Crippen molar-refractivity contribution in [2.24, 2.45) is 0 Å². The van der Waals surface area contributed by atoms with E-state index < -0.39 is 0 Å². The lowest BCUT2D eigenvalue weighted by Crippen LogP contribution is -2.48. The second-order valence-corrected chi connectivity index (χ2v) is 9.06. The maximum absolute atomic E-state index is 13.1. The van der Waals surface area contributed by atoms with E-state index in [1.165, 1.54) is 4.88 Å². The van der Waals surface area contributed by atoms with Crippen molar-refractivity contribution >= 4 is 23.2 Å². The predicted octanol–water partition coefficient (Wildman–Crippen LogP) is 4.16. The molecular formula is C25H24N2O3S. The lowest BCUT2D eigenvalue weighted by atomic mass is 9.93. The van der Waals surface area contributed by atoms with E-state index in [0.717, 1.165) is 43.9 Å². The van der Waals surface area contributed by atoms with Gasteiger partial charge in [-0.3, -0.25) is 9.69 Å². The van der Waals surface area contributed by atoms with E-state index >= 15 is 0 Å². The van der Waals surface area contributed by atoms with Gasteiger partial charge in [0, 0.05) is 49.6 Å². The van der Waals surface area contributed by atoms with Gasteiger partial charge in [-0.2, -0.15) is 0 Å². The number of nitrogens with zero attached hydrogens (tertiary/aromatic N) is 2. The Morgan fingerprint density at radius 1 is 1.00 bits per heavy atom. The molecule has 31 heavy (non-hydrogen) atoms. The molecule has 3 aromatic rings. The average Bonchev–Trinajstić information content (AvgIpc) is 3.32. The van der Waals surface area contributed by atoms with Crippen LogP contribution in [0.15, 0.2) is 66.0 Å². The van der Waals surface area contributed by atoms with Crippen LogP contribution in [0.5, 0.6) is 0 Å². The Morgan fingerprint density at radius 3 is 2.55 bits per heavy atom. The number of fused-ring (bicyclic) bond motifs is 1. The summed E-state index contributed by atoms with van der Waals surface area (Å²) in [6.45, 7) is 4.13. The average molecular weight is 433 g/mol. The summed E-state index contributed by atoms with van der Waals surface area (Å²) in [7, 11) is 0. The van der Waals surface area contributed by atoms with Crippen molar-refractivity contribution in [2.45, 2.75) is 19.1 Å². The van der Waals surface area contributed by atoms with E-state index in [-0.39, 0.29) is 18.0 Å². The molecular weight excluding hydrogens is 408 g/mol. The van der Waals surface area contributed by atoms with Crippen LogP contribution in [0.2, 0.25) is 0 Å². The van der Waals surface area contributed by atoms with Gasteiger partial charge in [-0.1, -0.05) is 36.4 Å². The van der Waals surface area contributed by atoms with Crippen LogP contribution in [-0.2, 0) is 17.7 Å². The van der Waals surface area contributed by atoms with E-state index in [1.54, 1.807) is 23.5 Å².